The minimum Gasteiger partial charge on any atom is -0.311 e. The molecule has 0 aromatic carbocycles. The van der Waals surface area contributed by atoms with Gasteiger partial charge >= 0.3 is 5.69 Å². The maximum atomic E-state index is 11.3. The molecule has 0 aliphatic rings. The highest BCUT2D eigenvalue weighted by Crippen LogP contribution is 2.00. The summed E-state index contributed by atoms with van der Waals surface area (Å²) in [6, 6.07) is 1.84. The van der Waals surface area contributed by atoms with Crippen molar-refractivity contribution in [3.05, 3.63) is 34.1 Å². The van der Waals surface area contributed by atoms with Crippen LogP contribution in [0.5, 0.6) is 0 Å². The summed E-state index contributed by atoms with van der Waals surface area (Å²) in [4.78, 5) is 18.2. The van der Waals surface area contributed by atoms with Crippen LogP contribution in [-0.4, -0.2) is 14.4 Å². The van der Waals surface area contributed by atoms with Gasteiger partial charge in [-0.15, -0.1) is 0 Å². The average Bonchev–Trinajstić information content (AvgIpc) is 2.29. The second kappa shape index (κ2) is 2.20. The molecule has 2 aromatic rings. The first-order valence-electron chi connectivity index (χ1n) is 3.72. The van der Waals surface area contributed by atoms with Gasteiger partial charge in [0.15, 0.2) is 0 Å². The van der Waals surface area contributed by atoms with E-state index in [1.165, 1.54) is 4.40 Å². The Morgan fingerprint density at radius 3 is 3.00 bits per heavy atom. The van der Waals surface area contributed by atoms with Crippen molar-refractivity contribution in [2.24, 2.45) is 0 Å². The van der Waals surface area contributed by atoms with Crippen LogP contribution in [0.15, 0.2) is 17.1 Å². The average molecular weight is 163 g/mol. The van der Waals surface area contributed by atoms with E-state index in [0.717, 1.165) is 11.4 Å². The van der Waals surface area contributed by atoms with Crippen molar-refractivity contribution in [1.82, 2.24) is 14.4 Å². The molecule has 0 amide bonds. The van der Waals surface area contributed by atoms with E-state index in [4.69, 9.17) is 0 Å². The fraction of sp³-hybridized carbons (Fsp3) is 0.250. The van der Waals surface area contributed by atoms with E-state index in [2.05, 4.69) is 9.97 Å². The van der Waals surface area contributed by atoms with Gasteiger partial charge in [0.05, 0.1) is 5.69 Å². The lowest BCUT2D eigenvalue weighted by Crippen LogP contribution is -2.15. The minimum atomic E-state index is -0.134. The third-order valence-corrected chi connectivity index (χ3v) is 1.72. The molecule has 0 saturated carbocycles. The van der Waals surface area contributed by atoms with Crippen LogP contribution in [0.3, 0.4) is 0 Å². The second-order valence-electron chi connectivity index (χ2n) is 2.87. The number of rotatable bonds is 0. The number of H-pyrrole nitrogens is 1. The predicted octanol–water partition coefficient (Wildman–Crippen LogP) is 0.639. The lowest BCUT2D eigenvalue weighted by molar-refractivity contribution is 0.972. The molecular weight excluding hydrogens is 154 g/mol. The first-order chi connectivity index (χ1) is 5.66. The van der Waals surface area contributed by atoms with Gasteiger partial charge in [0.2, 0.25) is 0 Å². The van der Waals surface area contributed by atoms with E-state index in [1.54, 1.807) is 6.20 Å². The Balaban J connectivity index is 2.98. The van der Waals surface area contributed by atoms with Gasteiger partial charge in [-0.1, -0.05) is 0 Å². The summed E-state index contributed by atoms with van der Waals surface area (Å²) >= 11 is 0. The normalized spacial score (nSPS) is 10.8. The molecule has 0 fully saturated rings. The topological polar surface area (TPSA) is 50.2 Å². The molecule has 4 heteroatoms. The molecule has 2 aromatic heterocycles. The summed E-state index contributed by atoms with van der Waals surface area (Å²) in [6.07, 6.45) is 1.72. The van der Waals surface area contributed by atoms with E-state index in [9.17, 15) is 4.79 Å². The van der Waals surface area contributed by atoms with Crippen LogP contribution in [0.1, 0.15) is 11.4 Å². The Bertz CT molecular complexity index is 480. The largest absolute Gasteiger partial charge is 0.331 e. The SMILES string of the molecule is Cc1cn2c(=O)[nH]c(C)cc2n1. The molecule has 0 radical (unpaired) electrons. The van der Waals surface area contributed by atoms with Crippen molar-refractivity contribution >= 4 is 5.65 Å². The molecule has 12 heavy (non-hydrogen) atoms. The lowest BCUT2D eigenvalue weighted by Gasteiger charge is -1.92. The number of nitrogens with zero attached hydrogens (tertiary/aromatic N) is 2. The van der Waals surface area contributed by atoms with Crippen molar-refractivity contribution in [1.29, 1.82) is 0 Å². The second-order valence-corrected chi connectivity index (χ2v) is 2.87. The van der Waals surface area contributed by atoms with Gasteiger partial charge in [-0.25, -0.2) is 9.78 Å². The lowest BCUT2D eigenvalue weighted by atomic mass is 10.4. The summed E-state index contributed by atoms with van der Waals surface area (Å²) in [5.41, 5.74) is 2.25. The van der Waals surface area contributed by atoms with E-state index in [1.807, 2.05) is 19.9 Å². The molecule has 62 valence electrons. The van der Waals surface area contributed by atoms with Crippen molar-refractivity contribution < 1.29 is 0 Å². The van der Waals surface area contributed by atoms with Crippen molar-refractivity contribution in [2.75, 3.05) is 0 Å². The molecule has 2 heterocycles. The van der Waals surface area contributed by atoms with E-state index in [-0.39, 0.29) is 5.69 Å². The molecular formula is C8H9N3O. The van der Waals surface area contributed by atoms with E-state index >= 15 is 0 Å². The van der Waals surface area contributed by atoms with Crippen LogP contribution in [0.4, 0.5) is 0 Å². The number of imidazole rings is 1. The molecule has 4 nitrogen and oxygen atoms in total. The molecule has 0 aliphatic heterocycles. The zero-order valence-electron chi connectivity index (χ0n) is 6.96. The van der Waals surface area contributed by atoms with Crippen LogP contribution in [0.25, 0.3) is 5.65 Å². The highest BCUT2D eigenvalue weighted by atomic mass is 16.1. The van der Waals surface area contributed by atoms with E-state index < -0.39 is 0 Å². The van der Waals surface area contributed by atoms with Gasteiger partial charge in [0, 0.05) is 18.0 Å². The van der Waals surface area contributed by atoms with Gasteiger partial charge in [-0.3, -0.25) is 4.40 Å². The molecule has 0 saturated heterocycles. The van der Waals surface area contributed by atoms with Gasteiger partial charge in [0.1, 0.15) is 5.65 Å². The molecule has 0 unspecified atom stereocenters. The Kier molecular flexibility index (Phi) is 1.30. The third-order valence-electron chi connectivity index (χ3n) is 1.72. The van der Waals surface area contributed by atoms with Gasteiger partial charge in [-0.05, 0) is 13.8 Å². The number of aromatic amines is 1. The number of aryl methyl sites for hydroxylation is 2. The summed E-state index contributed by atoms with van der Waals surface area (Å²) in [7, 11) is 0. The third kappa shape index (κ3) is 0.922. The Labute approximate surface area is 68.9 Å². The van der Waals surface area contributed by atoms with Crippen molar-refractivity contribution in [2.45, 2.75) is 13.8 Å². The maximum absolute atomic E-state index is 11.3. The van der Waals surface area contributed by atoms with Gasteiger partial charge in [0.25, 0.3) is 0 Å². The summed E-state index contributed by atoms with van der Waals surface area (Å²) < 4.78 is 1.50. The molecule has 0 aliphatic carbocycles. The van der Waals surface area contributed by atoms with Gasteiger partial charge in [-0.2, -0.15) is 0 Å². The summed E-state index contributed by atoms with van der Waals surface area (Å²) in [6.45, 7) is 3.70. The number of fused-ring (bicyclic) bond motifs is 1. The quantitative estimate of drug-likeness (QED) is 0.619. The van der Waals surface area contributed by atoms with Gasteiger partial charge < -0.3 is 4.98 Å². The molecule has 0 bridgehead atoms. The van der Waals surface area contributed by atoms with Crippen LogP contribution in [0, 0.1) is 13.8 Å². The monoisotopic (exact) mass is 163 g/mol. The smallest absolute Gasteiger partial charge is 0.311 e. The highest BCUT2D eigenvalue weighted by molar-refractivity contribution is 5.39. The maximum Gasteiger partial charge on any atom is 0.331 e. The summed E-state index contributed by atoms with van der Waals surface area (Å²) in [5, 5.41) is 0. The van der Waals surface area contributed by atoms with Crippen molar-refractivity contribution in [3.8, 4) is 0 Å². The number of hydrogen-bond acceptors (Lipinski definition) is 2. The first-order valence-corrected chi connectivity index (χ1v) is 3.72. The van der Waals surface area contributed by atoms with Crippen LogP contribution in [0.2, 0.25) is 0 Å². The number of hydrogen-bond donors (Lipinski definition) is 1. The van der Waals surface area contributed by atoms with E-state index in [0.29, 0.717) is 5.65 Å². The summed E-state index contributed by atoms with van der Waals surface area (Å²) in [5.74, 6) is 0. The van der Waals surface area contributed by atoms with Crippen LogP contribution >= 0.6 is 0 Å². The fourth-order valence-corrected chi connectivity index (χ4v) is 1.24. The Morgan fingerprint density at radius 1 is 1.50 bits per heavy atom. The zero-order chi connectivity index (χ0) is 8.72. The minimum absolute atomic E-state index is 0.134. The van der Waals surface area contributed by atoms with Crippen LogP contribution < -0.4 is 5.69 Å². The fourth-order valence-electron chi connectivity index (χ4n) is 1.24. The standard InChI is InChI=1S/C8H9N3O/c1-5-3-7-9-6(2)4-11(7)8(12)10-5/h3-4H,1-2H3,(H,10,12). The number of aromatic nitrogens is 3. The first kappa shape index (κ1) is 7.09. The highest BCUT2D eigenvalue weighted by Gasteiger charge is 2.00. The molecule has 0 spiro atoms. The predicted molar refractivity (Wildman–Crippen MR) is 45.3 cm³/mol. The Hall–Kier alpha value is -1.58. The zero-order valence-corrected chi connectivity index (χ0v) is 6.96. The molecule has 1 N–H and O–H groups in total. The van der Waals surface area contributed by atoms with Crippen molar-refractivity contribution in [3.63, 3.8) is 0 Å². The number of nitrogens with one attached hydrogen (secondary N) is 1. The van der Waals surface area contributed by atoms with Crippen LogP contribution in [-0.2, 0) is 0 Å². The molecule has 0 atom stereocenters. The Morgan fingerprint density at radius 2 is 2.25 bits per heavy atom. The molecule has 2 rings (SSSR count).